The van der Waals surface area contributed by atoms with Gasteiger partial charge >= 0.3 is 0 Å². The zero-order chi connectivity index (χ0) is 14.6. The Labute approximate surface area is 135 Å². The van der Waals surface area contributed by atoms with Crippen molar-refractivity contribution in [2.45, 2.75) is 63.8 Å². The molecule has 21 heavy (non-hydrogen) atoms. The summed E-state index contributed by atoms with van der Waals surface area (Å²) in [6, 6.07) is 0. The monoisotopic (exact) mass is 339 g/mol. The second-order valence-electron chi connectivity index (χ2n) is 6.71. The van der Waals surface area contributed by atoms with E-state index in [1.807, 2.05) is 0 Å². The Balaban J connectivity index is 0.00000220. The fourth-order valence-electron chi connectivity index (χ4n) is 3.30. The molecule has 2 rings (SSSR count). The van der Waals surface area contributed by atoms with Crippen molar-refractivity contribution >= 4 is 22.6 Å². The Morgan fingerprint density at radius 3 is 2.38 bits per heavy atom. The molecule has 2 aliphatic rings. The van der Waals surface area contributed by atoms with Crippen LogP contribution in [-0.4, -0.2) is 37.9 Å². The van der Waals surface area contributed by atoms with Crippen molar-refractivity contribution in [1.82, 2.24) is 9.03 Å². The molecule has 126 valence electrons. The molecule has 0 amide bonds. The van der Waals surface area contributed by atoms with Gasteiger partial charge in [-0.15, -0.1) is 12.4 Å². The number of halogens is 1. The van der Waals surface area contributed by atoms with Crippen LogP contribution < -0.4 is 10.5 Å². The third-order valence-corrected chi connectivity index (χ3v) is 6.19. The highest BCUT2D eigenvalue weighted by Gasteiger charge is 2.31. The van der Waals surface area contributed by atoms with Crippen LogP contribution in [0.4, 0.5) is 0 Å². The fraction of sp³-hybridized carbons (Fsp3) is 1.00. The Kier molecular flexibility index (Phi) is 7.40. The summed E-state index contributed by atoms with van der Waals surface area (Å²) in [6.45, 7) is 3.75. The number of nitrogens with zero attached hydrogens (tertiary/aromatic N) is 1. The van der Waals surface area contributed by atoms with Gasteiger partial charge in [-0.05, 0) is 31.6 Å². The minimum Gasteiger partial charge on any atom is -0.324 e. The van der Waals surface area contributed by atoms with Crippen molar-refractivity contribution in [1.29, 1.82) is 0 Å². The predicted octanol–water partition coefficient (Wildman–Crippen LogP) is 2.03. The number of rotatable bonds is 4. The predicted molar refractivity (Wildman–Crippen MR) is 88.8 cm³/mol. The lowest BCUT2D eigenvalue weighted by molar-refractivity contribution is 0.275. The maximum Gasteiger partial charge on any atom is 0.279 e. The number of hydrogen-bond donors (Lipinski definition) is 2. The SMILES string of the molecule is CC1CCCN(S(=O)(=O)NCC2(N)CCCCCC2)C1.Cl. The topological polar surface area (TPSA) is 75.4 Å². The lowest BCUT2D eigenvalue weighted by Gasteiger charge is -2.33. The molecule has 1 heterocycles. The molecule has 1 aliphatic carbocycles. The molecule has 7 heteroatoms. The maximum absolute atomic E-state index is 12.4. The Morgan fingerprint density at radius 2 is 1.81 bits per heavy atom. The molecule has 2 fully saturated rings. The van der Waals surface area contributed by atoms with Gasteiger partial charge in [0, 0.05) is 25.2 Å². The lowest BCUT2D eigenvalue weighted by atomic mass is 9.92. The molecular formula is C14H30ClN3O2S. The average molecular weight is 340 g/mol. The Hall–Kier alpha value is 0.120. The molecule has 1 atom stereocenters. The first-order chi connectivity index (χ1) is 9.41. The Morgan fingerprint density at radius 1 is 1.19 bits per heavy atom. The zero-order valence-electron chi connectivity index (χ0n) is 13.0. The Bertz CT molecular complexity index is 408. The summed E-state index contributed by atoms with van der Waals surface area (Å²) in [6.07, 6.45) is 8.57. The number of hydrogen-bond acceptors (Lipinski definition) is 3. The highest BCUT2D eigenvalue weighted by molar-refractivity contribution is 7.87. The first kappa shape index (κ1) is 19.2. The summed E-state index contributed by atoms with van der Waals surface area (Å²) in [5, 5.41) is 0. The minimum absolute atomic E-state index is 0. The van der Waals surface area contributed by atoms with Gasteiger partial charge in [0.15, 0.2) is 0 Å². The molecule has 0 aromatic rings. The van der Waals surface area contributed by atoms with E-state index < -0.39 is 10.2 Å². The summed E-state index contributed by atoms with van der Waals surface area (Å²) in [5.74, 6) is 0.449. The smallest absolute Gasteiger partial charge is 0.279 e. The van der Waals surface area contributed by atoms with Crippen LogP contribution in [0.5, 0.6) is 0 Å². The first-order valence-corrected chi connectivity index (χ1v) is 9.39. The van der Waals surface area contributed by atoms with E-state index in [0.29, 0.717) is 25.6 Å². The average Bonchev–Trinajstić information content (AvgIpc) is 2.62. The highest BCUT2D eigenvalue weighted by Crippen LogP contribution is 2.25. The van der Waals surface area contributed by atoms with E-state index in [9.17, 15) is 8.42 Å². The molecule has 0 aromatic heterocycles. The van der Waals surface area contributed by atoms with Crippen LogP contribution in [-0.2, 0) is 10.2 Å². The molecule has 0 radical (unpaired) electrons. The molecule has 1 saturated carbocycles. The zero-order valence-corrected chi connectivity index (χ0v) is 14.6. The second-order valence-corrected chi connectivity index (χ2v) is 8.46. The normalized spacial score (nSPS) is 27.6. The van der Waals surface area contributed by atoms with E-state index in [1.165, 1.54) is 12.8 Å². The van der Waals surface area contributed by atoms with Gasteiger partial charge in [0.1, 0.15) is 0 Å². The van der Waals surface area contributed by atoms with Crippen molar-refractivity contribution in [2.24, 2.45) is 11.7 Å². The summed E-state index contributed by atoms with van der Waals surface area (Å²) in [4.78, 5) is 0. The molecule has 0 spiro atoms. The van der Waals surface area contributed by atoms with Gasteiger partial charge in [0.25, 0.3) is 10.2 Å². The van der Waals surface area contributed by atoms with Crippen molar-refractivity contribution in [3.05, 3.63) is 0 Å². The van der Waals surface area contributed by atoms with E-state index >= 15 is 0 Å². The quantitative estimate of drug-likeness (QED) is 0.769. The van der Waals surface area contributed by atoms with Crippen LogP contribution in [0.25, 0.3) is 0 Å². The fourth-order valence-corrected chi connectivity index (χ4v) is 4.77. The van der Waals surface area contributed by atoms with Crippen molar-refractivity contribution in [3.63, 3.8) is 0 Å². The number of nitrogens with one attached hydrogen (secondary N) is 1. The van der Waals surface area contributed by atoms with E-state index in [2.05, 4.69) is 11.6 Å². The summed E-state index contributed by atoms with van der Waals surface area (Å²) >= 11 is 0. The van der Waals surface area contributed by atoms with Gasteiger partial charge in [-0.3, -0.25) is 0 Å². The number of nitrogens with two attached hydrogens (primary N) is 1. The van der Waals surface area contributed by atoms with Gasteiger partial charge in [0.05, 0.1) is 0 Å². The summed E-state index contributed by atoms with van der Waals surface area (Å²) in [5.41, 5.74) is 6.02. The standard InChI is InChI=1S/C14H29N3O2S.ClH/c1-13-7-6-10-17(11-13)20(18,19)16-12-14(15)8-4-2-3-5-9-14;/h13,16H,2-12,15H2,1H3;1H. The van der Waals surface area contributed by atoms with Crippen molar-refractivity contribution in [2.75, 3.05) is 19.6 Å². The van der Waals surface area contributed by atoms with Gasteiger partial charge in [-0.2, -0.15) is 12.7 Å². The minimum atomic E-state index is -3.36. The first-order valence-electron chi connectivity index (χ1n) is 7.95. The van der Waals surface area contributed by atoms with E-state index in [-0.39, 0.29) is 17.9 Å². The van der Waals surface area contributed by atoms with Crippen LogP contribution in [0.3, 0.4) is 0 Å². The molecule has 3 N–H and O–H groups in total. The van der Waals surface area contributed by atoms with Gasteiger partial charge in [-0.1, -0.05) is 32.6 Å². The largest absolute Gasteiger partial charge is 0.324 e. The van der Waals surface area contributed by atoms with E-state index in [4.69, 9.17) is 5.73 Å². The molecule has 0 bridgehead atoms. The molecule has 0 aromatic carbocycles. The molecular weight excluding hydrogens is 310 g/mol. The number of piperidine rings is 1. The summed E-state index contributed by atoms with van der Waals surface area (Å²) < 4.78 is 29.1. The van der Waals surface area contributed by atoms with E-state index in [1.54, 1.807) is 4.31 Å². The third kappa shape index (κ3) is 5.67. The van der Waals surface area contributed by atoms with E-state index in [0.717, 1.165) is 38.5 Å². The molecule has 1 unspecified atom stereocenters. The van der Waals surface area contributed by atoms with Gasteiger partial charge < -0.3 is 5.73 Å². The van der Waals surface area contributed by atoms with Crippen molar-refractivity contribution < 1.29 is 8.42 Å². The lowest BCUT2D eigenvalue weighted by Crippen LogP contribution is -2.53. The second kappa shape index (κ2) is 8.11. The molecule has 5 nitrogen and oxygen atoms in total. The van der Waals surface area contributed by atoms with Crippen molar-refractivity contribution in [3.8, 4) is 0 Å². The molecule has 1 aliphatic heterocycles. The van der Waals surface area contributed by atoms with Crippen LogP contribution >= 0.6 is 12.4 Å². The van der Waals surface area contributed by atoms with Gasteiger partial charge in [-0.25, -0.2) is 4.72 Å². The van der Waals surface area contributed by atoms with Gasteiger partial charge in [0.2, 0.25) is 0 Å². The van der Waals surface area contributed by atoms with Crippen LogP contribution in [0, 0.1) is 5.92 Å². The summed E-state index contributed by atoms with van der Waals surface area (Å²) in [7, 11) is -3.36. The highest BCUT2D eigenvalue weighted by atomic mass is 35.5. The third-order valence-electron chi connectivity index (χ3n) is 4.67. The van der Waals surface area contributed by atoms with Crippen LogP contribution in [0.2, 0.25) is 0 Å². The molecule has 1 saturated heterocycles. The van der Waals surface area contributed by atoms with Crippen LogP contribution in [0.1, 0.15) is 58.3 Å². The van der Waals surface area contributed by atoms with Crippen LogP contribution in [0.15, 0.2) is 0 Å². The maximum atomic E-state index is 12.4.